The fraction of sp³-hybridized carbons (Fsp3) is 0.375. The van der Waals surface area contributed by atoms with Gasteiger partial charge in [-0.05, 0) is 48.5 Å². The van der Waals surface area contributed by atoms with Gasteiger partial charge in [0.1, 0.15) is 6.33 Å². The number of amides is 2. The average molecular weight is 371 g/mol. The number of hydrogen-bond donors (Lipinski definition) is 2. The van der Waals surface area contributed by atoms with Crippen LogP contribution in [0.25, 0.3) is 5.69 Å². The van der Waals surface area contributed by atoms with Gasteiger partial charge in [0, 0.05) is 19.3 Å². The molecule has 11 heteroatoms. The summed E-state index contributed by atoms with van der Waals surface area (Å²) >= 11 is 0. The number of carbonyl (C=O) groups excluding carboxylic acids is 1. The molecule has 0 fully saturated rings. The molecule has 3 aromatic rings. The van der Waals surface area contributed by atoms with Crippen LogP contribution >= 0.6 is 0 Å². The normalized spacial score (nSPS) is 12.0. The Morgan fingerprint density at radius 3 is 2.70 bits per heavy atom. The molecule has 27 heavy (non-hydrogen) atoms. The molecule has 142 valence electrons. The topological polar surface area (TPSA) is 125 Å². The molecule has 2 aromatic heterocycles. The molecular weight excluding hydrogens is 350 g/mol. The lowest BCUT2D eigenvalue weighted by atomic mass is 10.2. The lowest BCUT2D eigenvalue weighted by Gasteiger charge is -2.15. The largest absolute Gasteiger partial charge is 0.383 e. The number of nitrogens with one attached hydrogen (secondary N) is 2. The van der Waals surface area contributed by atoms with Gasteiger partial charge < -0.3 is 19.9 Å². The van der Waals surface area contributed by atoms with Crippen molar-refractivity contribution in [2.45, 2.75) is 26.4 Å². The van der Waals surface area contributed by atoms with E-state index in [1.165, 1.54) is 0 Å². The van der Waals surface area contributed by atoms with E-state index < -0.39 is 0 Å². The highest BCUT2D eigenvalue weighted by atomic mass is 16.5. The number of rotatable bonds is 7. The number of ether oxygens (including phenoxy) is 1. The summed E-state index contributed by atoms with van der Waals surface area (Å²) in [6, 6.07) is 6.56. The maximum atomic E-state index is 12.3. The van der Waals surface area contributed by atoms with Crippen LogP contribution in [0.5, 0.6) is 0 Å². The molecule has 1 atom stereocenters. The molecule has 0 aliphatic carbocycles. The minimum atomic E-state index is -0.338. The van der Waals surface area contributed by atoms with E-state index in [1.54, 1.807) is 30.3 Å². The zero-order valence-electron chi connectivity index (χ0n) is 15.3. The first kappa shape index (κ1) is 18.5. The summed E-state index contributed by atoms with van der Waals surface area (Å²) < 4.78 is 8.52. The van der Waals surface area contributed by atoms with Gasteiger partial charge in [-0.1, -0.05) is 0 Å². The number of benzene rings is 1. The lowest BCUT2D eigenvalue weighted by molar-refractivity contribution is 0.185. The average Bonchev–Trinajstić information content (AvgIpc) is 3.29. The van der Waals surface area contributed by atoms with E-state index in [0.717, 1.165) is 5.69 Å². The van der Waals surface area contributed by atoms with Crippen LogP contribution in [0.1, 0.15) is 24.6 Å². The summed E-state index contributed by atoms with van der Waals surface area (Å²) in [4.78, 5) is 12.3. The highest BCUT2D eigenvalue weighted by Crippen LogP contribution is 2.14. The number of methoxy groups -OCH3 is 1. The van der Waals surface area contributed by atoms with Crippen LogP contribution in [-0.4, -0.2) is 54.7 Å². The van der Waals surface area contributed by atoms with Crippen molar-refractivity contribution in [2.75, 3.05) is 19.0 Å². The Balaban J connectivity index is 1.59. The molecule has 0 saturated carbocycles. The molecule has 0 aliphatic rings. The standard InChI is InChI=1S/C16H21N9O2/c1-11(15-21-17-10-24(15)8-9-27-3)18-16(26)19-13-4-6-14(7-5-13)25-12(2)20-22-23-25/h4-7,10-11H,8-9H2,1-3H3,(H2,18,19,26)/t11-/m1/s1. The maximum absolute atomic E-state index is 12.3. The number of carbonyl (C=O) groups is 1. The summed E-state index contributed by atoms with van der Waals surface area (Å²) in [5.74, 6) is 1.34. The van der Waals surface area contributed by atoms with Crippen LogP contribution in [0.2, 0.25) is 0 Å². The van der Waals surface area contributed by atoms with Crippen molar-refractivity contribution in [1.29, 1.82) is 0 Å². The Kier molecular flexibility index (Phi) is 5.71. The zero-order chi connectivity index (χ0) is 19.2. The molecule has 0 bridgehead atoms. The summed E-state index contributed by atoms with van der Waals surface area (Å²) in [6.07, 6.45) is 1.62. The minimum Gasteiger partial charge on any atom is -0.383 e. The number of aromatic nitrogens is 7. The van der Waals surface area contributed by atoms with Crippen molar-refractivity contribution in [2.24, 2.45) is 0 Å². The van der Waals surface area contributed by atoms with E-state index in [-0.39, 0.29) is 12.1 Å². The molecule has 3 rings (SSSR count). The number of tetrazole rings is 1. The Bertz CT molecular complexity index is 887. The predicted octanol–water partition coefficient (Wildman–Crippen LogP) is 1.09. The summed E-state index contributed by atoms with van der Waals surface area (Å²) in [5, 5.41) is 25.0. The first-order valence-electron chi connectivity index (χ1n) is 8.38. The van der Waals surface area contributed by atoms with Gasteiger partial charge in [-0.15, -0.1) is 15.3 Å². The van der Waals surface area contributed by atoms with Gasteiger partial charge in [-0.25, -0.2) is 4.79 Å². The van der Waals surface area contributed by atoms with Gasteiger partial charge in [0.2, 0.25) is 0 Å². The van der Waals surface area contributed by atoms with Crippen LogP contribution in [0.3, 0.4) is 0 Å². The van der Waals surface area contributed by atoms with Crippen molar-refractivity contribution in [3.63, 3.8) is 0 Å². The van der Waals surface area contributed by atoms with Crippen LogP contribution < -0.4 is 10.6 Å². The maximum Gasteiger partial charge on any atom is 0.319 e. The predicted molar refractivity (Wildman–Crippen MR) is 96.4 cm³/mol. The highest BCUT2D eigenvalue weighted by molar-refractivity contribution is 5.89. The monoisotopic (exact) mass is 371 g/mol. The number of aryl methyl sites for hydroxylation is 1. The van der Waals surface area contributed by atoms with E-state index in [1.807, 2.05) is 30.5 Å². The molecule has 0 saturated heterocycles. The van der Waals surface area contributed by atoms with Gasteiger partial charge in [0.15, 0.2) is 11.6 Å². The van der Waals surface area contributed by atoms with Crippen LogP contribution in [0.15, 0.2) is 30.6 Å². The van der Waals surface area contributed by atoms with E-state index in [4.69, 9.17) is 4.74 Å². The number of anilines is 1. The van der Waals surface area contributed by atoms with E-state index in [0.29, 0.717) is 30.5 Å². The van der Waals surface area contributed by atoms with Crippen molar-refractivity contribution >= 4 is 11.7 Å². The zero-order valence-corrected chi connectivity index (χ0v) is 15.3. The summed E-state index contributed by atoms with van der Waals surface area (Å²) in [5.41, 5.74) is 1.46. The third-order valence-electron chi connectivity index (χ3n) is 3.91. The summed E-state index contributed by atoms with van der Waals surface area (Å²) in [7, 11) is 1.63. The Hall–Kier alpha value is -3.34. The van der Waals surface area contributed by atoms with E-state index in [2.05, 4.69) is 36.4 Å². The third-order valence-corrected chi connectivity index (χ3v) is 3.91. The molecular formula is C16H21N9O2. The second-order valence-electron chi connectivity index (χ2n) is 5.88. The molecule has 0 aliphatic heterocycles. The molecule has 0 unspecified atom stereocenters. The van der Waals surface area contributed by atoms with Gasteiger partial charge in [0.25, 0.3) is 0 Å². The second kappa shape index (κ2) is 8.36. The van der Waals surface area contributed by atoms with Crippen LogP contribution in [0.4, 0.5) is 10.5 Å². The molecule has 0 radical (unpaired) electrons. The van der Waals surface area contributed by atoms with Crippen molar-refractivity contribution < 1.29 is 9.53 Å². The van der Waals surface area contributed by atoms with Crippen molar-refractivity contribution in [3.05, 3.63) is 42.2 Å². The third kappa shape index (κ3) is 4.44. The fourth-order valence-electron chi connectivity index (χ4n) is 2.55. The smallest absolute Gasteiger partial charge is 0.319 e. The number of hydrogen-bond acceptors (Lipinski definition) is 7. The highest BCUT2D eigenvalue weighted by Gasteiger charge is 2.15. The molecule has 2 amide bonds. The number of urea groups is 1. The summed E-state index contributed by atoms with van der Waals surface area (Å²) in [6.45, 7) is 4.81. The quantitative estimate of drug-likeness (QED) is 0.637. The first-order valence-corrected chi connectivity index (χ1v) is 8.38. The van der Waals surface area contributed by atoms with Gasteiger partial charge in [-0.2, -0.15) is 4.68 Å². The van der Waals surface area contributed by atoms with Gasteiger partial charge in [0.05, 0.1) is 18.3 Å². The SMILES string of the molecule is COCCn1cnnc1[C@@H](C)NC(=O)Nc1ccc(-n2nnnc2C)cc1. The molecule has 0 spiro atoms. The molecule has 1 aromatic carbocycles. The molecule has 11 nitrogen and oxygen atoms in total. The minimum absolute atomic E-state index is 0.312. The first-order chi connectivity index (χ1) is 13.1. The van der Waals surface area contributed by atoms with Crippen molar-refractivity contribution in [3.8, 4) is 5.69 Å². The van der Waals surface area contributed by atoms with Crippen LogP contribution in [0, 0.1) is 6.92 Å². The lowest BCUT2D eigenvalue weighted by Crippen LogP contribution is -2.32. The molecule has 2 heterocycles. The number of nitrogens with zero attached hydrogens (tertiary/aromatic N) is 7. The van der Waals surface area contributed by atoms with Gasteiger partial charge in [-0.3, -0.25) is 0 Å². The van der Waals surface area contributed by atoms with Gasteiger partial charge >= 0.3 is 6.03 Å². The van der Waals surface area contributed by atoms with Crippen molar-refractivity contribution in [1.82, 2.24) is 40.3 Å². The molecule has 2 N–H and O–H groups in total. The Morgan fingerprint density at radius 1 is 1.26 bits per heavy atom. The Labute approximate surface area is 155 Å². The Morgan fingerprint density at radius 2 is 2.04 bits per heavy atom. The van der Waals surface area contributed by atoms with Crippen LogP contribution in [-0.2, 0) is 11.3 Å². The van der Waals surface area contributed by atoms with E-state index in [9.17, 15) is 4.79 Å². The fourth-order valence-corrected chi connectivity index (χ4v) is 2.55. The van der Waals surface area contributed by atoms with E-state index >= 15 is 0 Å². The second-order valence-corrected chi connectivity index (χ2v) is 5.88.